The fourth-order valence-electron chi connectivity index (χ4n) is 4.14. The Kier molecular flexibility index (Phi) is 5.47. The molecule has 0 bridgehead atoms. The molecule has 1 atom stereocenters. The van der Waals surface area contributed by atoms with Crippen molar-refractivity contribution in [2.45, 2.75) is 44.4 Å². The molecule has 162 valence electrons. The summed E-state index contributed by atoms with van der Waals surface area (Å²) < 4.78 is 0. The Balaban J connectivity index is 1.37. The van der Waals surface area contributed by atoms with Crippen LogP contribution in [0.3, 0.4) is 0 Å². The van der Waals surface area contributed by atoms with Gasteiger partial charge in [0.05, 0.1) is 5.69 Å². The number of fused-ring (bicyclic) bond motifs is 1. The second kappa shape index (κ2) is 8.43. The van der Waals surface area contributed by atoms with Gasteiger partial charge in [-0.05, 0) is 49.3 Å². The number of nitrogens with one attached hydrogen (secondary N) is 1. The van der Waals surface area contributed by atoms with E-state index in [0.29, 0.717) is 0 Å². The van der Waals surface area contributed by atoms with E-state index in [1.807, 2.05) is 79.4 Å². The van der Waals surface area contributed by atoms with Crippen molar-refractivity contribution in [2.75, 3.05) is 5.32 Å². The maximum absolute atomic E-state index is 13.2. The molecule has 1 aliphatic heterocycles. The van der Waals surface area contributed by atoms with Crippen LogP contribution < -0.4 is 5.32 Å². The minimum atomic E-state index is -0.450. The average Bonchev–Trinajstić information content (AvgIpc) is 3.56. The van der Waals surface area contributed by atoms with Crippen LogP contribution in [0.25, 0.3) is 10.8 Å². The Hall–Kier alpha value is -3.12. The first-order valence-corrected chi connectivity index (χ1v) is 11.8. The Labute approximate surface area is 191 Å². The van der Waals surface area contributed by atoms with E-state index in [1.54, 1.807) is 0 Å². The summed E-state index contributed by atoms with van der Waals surface area (Å²) in [5, 5.41) is 5.34. The first-order chi connectivity index (χ1) is 15.5. The van der Waals surface area contributed by atoms with Crippen LogP contribution in [0.2, 0.25) is 0 Å². The molecule has 2 fully saturated rings. The molecule has 1 heterocycles. The van der Waals surface area contributed by atoms with Gasteiger partial charge in [0, 0.05) is 23.5 Å². The summed E-state index contributed by atoms with van der Waals surface area (Å²) in [5.74, 6) is -0.160. The van der Waals surface area contributed by atoms with E-state index in [-0.39, 0.29) is 24.3 Å². The summed E-state index contributed by atoms with van der Waals surface area (Å²) in [5.41, 5.74) is 3.85. The predicted molar refractivity (Wildman–Crippen MR) is 131 cm³/mol. The molecule has 1 saturated heterocycles. The number of para-hydroxylation sites is 1. The predicted octanol–water partition coefficient (Wildman–Crippen LogP) is 5.58. The molecule has 3 aromatic rings. The molecule has 0 spiro atoms. The van der Waals surface area contributed by atoms with E-state index in [2.05, 4.69) is 5.32 Å². The number of aliphatic imine (C=N–C) groups is 1. The highest BCUT2D eigenvalue weighted by molar-refractivity contribution is 8.15. The lowest BCUT2D eigenvalue weighted by Gasteiger charge is -2.16. The summed E-state index contributed by atoms with van der Waals surface area (Å²) in [6.07, 6.45) is 2.11. The Morgan fingerprint density at radius 1 is 1.03 bits per heavy atom. The number of carbonyl (C=O) groups excluding carboxylic acids is 2. The van der Waals surface area contributed by atoms with Crippen molar-refractivity contribution in [3.8, 4) is 0 Å². The SMILES string of the molecule is Cc1cccc(C)c1N=C1SC(CC(=O)Nc2cccc3ccccc23)C(=O)N1C1CC1. The Morgan fingerprint density at radius 3 is 2.47 bits per heavy atom. The van der Waals surface area contributed by atoms with Crippen molar-refractivity contribution in [3.63, 3.8) is 0 Å². The second-order valence-corrected chi connectivity index (χ2v) is 9.63. The molecule has 1 unspecified atom stereocenters. The quantitative estimate of drug-likeness (QED) is 0.560. The van der Waals surface area contributed by atoms with Crippen molar-refractivity contribution in [3.05, 3.63) is 71.8 Å². The lowest BCUT2D eigenvalue weighted by Crippen LogP contribution is -2.35. The Bertz CT molecular complexity index is 1220. The van der Waals surface area contributed by atoms with Gasteiger partial charge < -0.3 is 5.32 Å². The van der Waals surface area contributed by atoms with Crippen LogP contribution in [0.4, 0.5) is 11.4 Å². The zero-order valence-corrected chi connectivity index (χ0v) is 19.0. The molecule has 5 nitrogen and oxygen atoms in total. The highest BCUT2D eigenvalue weighted by atomic mass is 32.2. The molecule has 6 heteroatoms. The van der Waals surface area contributed by atoms with E-state index in [1.165, 1.54) is 11.8 Å². The van der Waals surface area contributed by atoms with Crippen LogP contribution in [-0.4, -0.2) is 33.2 Å². The first-order valence-electron chi connectivity index (χ1n) is 10.9. The highest BCUT2D eigenvalue weighted by Gasteiger charge is 2.46. The minimum absolute atomic E-state index is 0.00411. The third kappa shape index (κ3) is 4.02. The second-order valence-electron chi connectivity index (χ2n) is 8.46. The zero-order valence-electron chi connectivity index (χ0n) is 18.2. The van der Waals surface area contributed by atoms with Gasteiger partial charge in [-0.3, -0.25) is 14.5 Å². The summed E-state index contributed by atoms with van der Waals surface area (Å²) >= 11 is 1.42. The number of carbonyl (C=O) groups is 2. The van der Waals surface area contributed by atoms with Gasteiger partial charge in [0.2, 0.25) is 11.8 Å². The van der Waals surface area contributed by atoms with Crippen LogP contribution >= 0.6 is 11.8 Å². The fourth-order valence-corrected chi connectivity index (χ4v) is 5.34. The molecule has 32 heavy (non-hydrogen) atoms. The molecule has 1 aliphatic carbocycles. The number of anilines is 1. The number of thioether (sulfide) groups is 1. The minimum Gasteiger partial charge on any atom is -0.325 e. The van der Waals surface area contributed by atoms with E-state index >= 15 is 0 Å². The maximum atomic E-state index is 13.2. The largest absolute Gasteiger partial charge is 0.325 e. The first kappa shape index (κ1) is 20.8. The molecule has 5 rings (SSSR count). The molecule has 1 saturated carbocycles. The molecule has 2 aliphatic rings. The molecule has 1 N–H and O–H groups in total. The van der Waals surface area contributed by atoms with Crippen molar-refractivity contribution >= 4 is 50.9 Å². The van der Waals surface area contributed by atoms with Crippen LogP contribution in [0, 0.1) is 13.8 Å². The van der Waals surface area contributed by atoms with Gasteiger partial charge in [-0.25, -0.2) is 4.99 Å². The standard InChI is InChI=1S/C26H25N3O2S/c1-16-7-5-8-17(2)24(16)28-26-29(19-13-14-19)25(31)22(32-26)15-23(30)27-21-12-6-10-18-9-3-4-11-20(18)21/h3-12,19,22H,13-15H2,1-2H3,(H,27,30). The molecule has 3 aromatic carbocycles. The van der Waals surface area contributed by atoms with Gasteiger partial charge in [-0.1, -0.05) is 66.4 Å². The topological polar surface area (TPSA) is 61.8 Å². The van der Waals surface area contributed by atoms with E-state index in [9.17, 15) is 9.59 Å². The molecule has 2 amide bonds. The number of aryl methyl sites for hydroxylation is 2. The lowest BCUT2D eigenvalue weighted by atomic mass is 10.1. The van der Waals surface area contributed by atoms with Gasteiger partial charge in [0.15, 0.2) is 5.17 Å². The summed E-state index contributed by atoms with van der Waals surface area (Å²) in [6.45, 7) is 4.06. The smallest absolute Gasteiger partial charge is 0.242 e. The van der Waals surface area contributed by atoms with Crippen LogP contribution in [0.1, 0.15) is 30.4 Å². The van der Waals surface area contributed by atoms with Crippen molar-refractivity contribution < 1.29 is 9.59 Å². The maximum Gasteiger partial charge on any atom is 0.242 e. The number of rotatable bonds is 5. The monoisotopic (exact) mass is 443 g/mol. The van der Waals surface area contributed by atoms with E-state index < -0.39 is 5.25 Å². The number of amidine groups is 1. The molecule has 0 radical (unpaired) electrons. The van der Waals surface area contributed by atoms with Gasteiger partial charge in [0.1, 0.15) is 5.25 Å². The number of benzene rings is 3. The summed E-state index contributed by atoms with van der Waals surface area (Å²) in [7, 11) is 0. The van der Waals surface area contributed by atoms with Gasteiger partial charge in [-0.15, -0.1) is 0 Å². The van der Waals surface area contributed by atoms with E-state index in [0.717, 1.165) is 51.3 Å². The summed E-state index contributed by atoms with van der Waals surface area (Å²) in [6, 6.07) is 20.1. The lowest BCUT2D eigenvalue weighted by molar-refractivity contribution is -0.128. The number of nitrogens with zero attached hydrogens (tertiary/aromatic N) is 2. The van der Waals surface area contributed by atoms with Crippen molar-refractivity contribution in [1.82, 2.24) is 4.90 Å². The number of hydrogen-bond acceptors (Lipinski definition) is 4. The zero-order chi connectivity index (χ0) is 22.2. The van der Waals surface area contributed by atoms with Crippen molar-refractivity contribution in [1.29, 1.82) is 0 Å². The average molecular weight is 444 g/mol. The van der Waals surface area contributed by atoms with Crippen LogP contribution in [0.5, 0.6) is 0 Å². The Morgan fingerprint density at radius 2 is 1.72 bits per heavy atom. The van der Waals surface area contributed by atoms with Gasteiger partial charge in [0.25, 0.3) is 0 Å². The third-order valence-corrected chi connectivity index (χ3v) is 7.11. The van der Waals surface area contributed by atoms with Crippen molar-refractivity contribution in [2.24, 2.45) is 4.99 Å². The molecular weight excluding hydrogens is 418 g/mol. The normalized spacial score (nSPS) is 19.7. The summed E-state index contributed by atoms with van der Waals surface area (Å²) in [4.78, 5) is 32.8. The van der Waals surface area contributed by atoms with E-state index in [4.69, 9.17) is 4.99 Å². The molecule has 0 aromatic heterocycles. The molecular formula is C26H25N3O2S. The fraction of sp³-hybridized carbons (Fsp3) is 0.269. The highest BCUT2D eigenvalue weighted by Crippen LogP contribution is 2.40. The number of hydrogen-bond donors (Lipinski definition) is 1. The van der Waals surface area contributed by atoms with Gasteiger partial charge in [-0.2, -0.15) is 0 Å². The number of amides is 2. The third-order valence-electron chi connectivity index (χ3n) is 5.96. The van der Waals surface area contributed by atoms with Crippen LogP contribution in [0.15, 0.2) is 65.7 Å². The van der Waals surface area contributed by atoms with Gasteiger partial charge >= 0.3 is 0 Å². The van der Waals surface area contributed by atoms with Crippen LogP contribution in [-0.2, 0) is 9.59 Å².